The molecule has 1 aromatic carbocycles. The molecule has 7 heteroatoms. The number of hydrogen-bond acceptors (Lipinski definition) is 7. The lowest BCUT2D eigenvalue weighted by Gasteiger charge is -2.41. The summed E-state index contributed by atoms with van der Waals surface area (Å²) in [5.74, 6) is 3.13. The van der Waals surface area contributed by atoms with Gasteiger partial charge in [-0.3, -0.25) is 0 Å². The molecule has 134 valence electrons. The first kappa shape index (κ1) is 16.2. The zero-order chi connectivity index (χ0) is 17.4. The maximum Gasteiger partial charge on any atom is 0.227 e. The third-order valence-corrected chi connectivity index (χ3v) is 5.39. The molecule has 0 radical (unpaired) electrons. The van der Waals surface area contributed by atoms with E-state index in [1.165, 1.54) is 12.8 Å². The number of aromatic nitrogens is 2. The average molecular weight is 343 g/mol. The highest BCUT2D eigenvalue weighted by Gasteiger charge is 2.32. The Balaban J connectivity index is 1.68. The first-order valence-corrected chi connectivity index (χ1v) is 8.87. The van der Waals surface area contributed by atoms with Crippen molar-refractivity contribution in [2.24, 2.45) is 5.92 Å². The summed E-state index contributed by atoms with van der Waals surface area (Å²) in [6.07, 6.45) is 3.63. The Bertz CT molecular complexity index is 782. The quantitative estimate of drug-likeness (QED) is 0.879. The van der Waals surface area contributed by atoms with Crippen molar-refractivity contribution in [2.75, 3.05) is 44.5 Å². The van der Waals surface area contributed by atoms with E-state index in [2.05, 4.69) is 15.2 Å². The van der Waals surface area contributed by atoms with Gasteiger partial charge in [0.25, 0.3) is 0 Å². The highest BCUT2D eigenvalue weighted by Crippen LogP contribution is 2.35. The Kier molecular flexibility index (Phi) is 4.25. The molecule has 2 fully saturated rings. The maximum absolute atomic E-state index is 6.22. The van der Waals surface area contributed by atoms with Gasteiger partial charge in [0, 0.05) is 30.6 Å². The first-order valence-electron chi connectivity index (χ1n) is 8.87. The molecule has 0 unspecified atom stereocenters. The largest absolute Gasteiger partial charge is 0.493 e. The van der Waals surface area contributed by atoms with Gasteiger partial charge in [-0.05, 0) is 37.8 Å². The number of ether oxygens (including phenoxy) is 2. The highest BCUT2D eigenvalue weighted by molar-refractivity contribution is 5.91. The van der Waals surface area contributed by atoms with Crippen LogP contribution in [0.3, 0.4) is 0 Å². The number of rotatable bonds is 3. The Labute approximate surface area is 147 Å². The zero-order valence-electron chi connectivity index (χ0n) is 14.8. The Morgan fingerprint density at radius 1 is 1.16 bits per heavy atom. The number of nitrogens with zero attached hydrogens (tertiary/aromatic N) is 3. The summed E-state index contributed by atoms with van der Waals surface area (Å²) >= 11 is 0. The van der Waals surface area contributed by atoms with Crippen LogP contribution in [-0.2, 0) is 0 Å². The topological polar surface area (TPSA) is 85.5 Å². The van der Waals surface area contributed by atoms with Gasteiger partial charge in [0.1, 0.15) is 5.82 Å². The number of piperidine rings is 2. The van der Waals surface area contributed by atoms with Crippen LogP contribution in [0.1, 0.15) is 19.3 Å². The monoisotopic (exact) mass is 343 g/mol. The highest BCUT2D eigenvalue weighted by atomic mass is 16.5. The molecule has 2 saturated heterocycles. The second kappa shape index (κ2) is 6.55. The molecule has 7 nitrogen and oxygen atoms in total. The second-order valence-corrected chi connectivity index (χ2v) is 6.83. The zero-order valence-corrected chi connectivity index (χ0v) is 14.8. The van der Waals surface area contributed by atoms with Gasteiger partial charge in [0.05, 0.1) is 19.7 Å². The molecule has 0 saturated carbocycles. The van der Waals surface area contributed by atoms with Crippen LogP contribution in [0.2, 0.25) is 0 Å². The number of anilines is 2. The third kappa shape index (κ3) is 2.93. The molecule has 0 amide bonds. The third-order valence-electron chi connectivity index (χ3n) is 5.39. The fourth-order valence-corrected chi connectivity index (χ4v) is 4.03. The minimum Gasteiger partial charge on any atom is -0.493 e. The molecule has 0 spiro atoms. The number of methoxy groups -OCH3 is 2. The summed E-state index contributed by atoms with van der Waals surface area (Å²) in [5, 5.41) is 4.43. The number of hydrogen-bond donors (Lipinski definition) is 2. The number of fused-ring (bicyclic) bond motifs is 2. The van der Waals surface area contributed by atoms with Crippen molar-refractivity contribution >= 4 is 22.7 Å². The fourth-order valence-electron chi connectivity index (χ4n) is 4.03. The molecule has 2 atom stereocenters. The van der Waals surface area contributed by atoms with E-state index >= 15 is 0 Å². The summed E-state index contributed by atoms with van der Waals surface area (Å²) in [4.78, 5) is 11.6. The van der Waals surface area contributed by atoms with Crippen LogP contribution in [0, 0.1) is 5.92 Å². The van der Waals surface area contributed by atoms with Gasteiger partial charge >= 0.3 is 0 Å². The summed E-state index contributed by atoms with van der Waals surface area (Å²) in [5.41, 5.74) is 7.01. The average Bonchev–Trinajstić information content (AvgIpc) is 2.66. The van der Waals surface area contributed by atoms with Crippen LogP contribution in [0.15, 0.2) is 12.1 Å². The minimum absolute atomic E-state index is 0.477. The number of nitrogens with one attached hydrogen (secondary N) is 1. The van der Waals surface area contributed by atoms with Crippen LogP contribution in [0.5, 0.6) is 11.5 Å². The van der Waals surface area contributed by atoms with E-state index in [1.807, 2.05) is 12.1 Å². The van der Waals surface area contributed by atoms with E-state index in [0.717, 1.165) is 37.0 Å². The number of benzene rings is 1. The van der Waals surface area contributed by atoms with Crippen molar-refractivity contribution in [3.63, 3.8) is 0 Å². The summed E-state index contributed by atoms with van der Waals surface area (Å²) in [6.45, 7) is 3.07. The van der Waals surface area contributed by atoms with Gasteiger partial charge in [-0.25, -0.2) is 4.98 Å². The smallest absolute Gasteiger partial charge is 0.227 e. The van der Waals surface area contributed by atoms with Gasteiger partial charge in [0.15, 0.2) is 11.5 Å². The van der Waals surface area contributed by atoms with Gasteiger partial charge in [-0.1, -0.05) is 0 Å². The molecule has 3 N–H and O–H groups in total. The van der Waals surface area contributed by atoms with Gasteiger partial charge in [-0.15, -0.1) is 0 Å². The summed E-state index contributed by atoms with van der Waals surface area (Å²) < 4.78 is 10.7. The summed E-state index contributed by atoms with van der Waals surface area (Å²) in [7, 11) is 3.23. The van der Waals surface area contributed by atoms with Crippen LogP contribution in [0.25, 0.3) is 10.9 Å². The first-order chi connectivity index (χ1) is 12.2. The molecule has 1 aromatic heterocycles. The predicted molar refractivity (Wildman–Crippen MR) is 98.4 cm³/mol. The van der Waals surface area contributed by atoms with Crippen LogP contribution in [-0.4, -0.2) is 49.9 Å². The van der Waals surface area contributed by atoms with E-state index in [1.54, 1.807) is 14.2 Å². The molecule has 4 rings (SSSR count). The van der Waals surface area contributed by atoms with Crippen molar-refractivity contribution in [1.29, 1.82) is 0 Å². The molecule has 3 heterocycles. The van der Waals surface area contributed by atoms with Gasteiger partial charge in [-0.2, -0.15) is 4.98 Å². The second-order valence-electron chi connectivity index (χ2n) is 6.83. The molecule has 2 aliphatic heterocycles. The van der Waals surface area contributed by atoms with E-state index in [9.17, 15) is 0 Å². The number of nitrogens with two attached hydrogens (primary N) is 1. The molecular weight excluding hydrogens is 318 g/mol. The van der Waals surface area contributed by atoms with E-state index < -0.39 is 0 Å². The SMILES string of the molecule is COc1cc2nc(N3CC[C@@H]4NCCC[C@@H]4C3)nc(N)c2cc1OC. The Morgan fingerprint density at radius 3 is 2.76 bits per heavy atom. The van der Waals surface area contributed by atoms with E-state index in [0.29, 0.717) is 35.2 Å². The molecule has 25 heavy (non-hydrogen) atoms. The van der Waals surface area contributed by atoms with E-state index in [4.69, 9.17) is 20.2 Å². The lowest BCUT2D eigenvalue weighted by molar-refractivity contribution is 0.243. The summed E-state index contributed by atoms with van der Waals surface area (Å²) in [6, 6.07) is 4.34. The standard InChI is InChI=1S/C18H25N5O2/c1-24-15-8-12-14(9-16(15)25-2)21-18(22-17(12)19)23-7-5-13-11(10-23)4-3-6-20-13/h8-9,11,13,20H,3-7,10H2,1-2H3,(H2,19,21,22)/t11-,13+/m1/s1. The van der Waals surface area contributed by atoms with Crippen molar-refractivity contribution in [3.05, 3.63) is 12.1 Å². The Hall–Kier alpha value is -2.28. The van der Waals surface area contributed by atoms with Crippen molar-refractivity contribution in [1.82, 2.24) is 15.3 Å². The predicted octanol–water partition coefficient (Wildman–Crippen LogP) is 1.81. The molecule has 2 aromatic rings. The lowest BCUT2D eigenvalue weighted by atomic mass is 9.85. The molecule has 0 aliphatic carbocycles. The van der Waals surface area contributed by atoms with Crippen molar-refractivity contribution < 1.29 is 9.47 Å². The molecule has 2 aliphatic rings. The molecular formula is C18H25N5O2. The minimum atomic E-state index is 0.477. The number of nitrogen functional groups attached to an aromatic ring is 1. The van der Waals surface area contributed by atoms with Gasteiger partial charge < -0.3 is 25.4 Å². The van der Waals surface area contributed by atoms with Crippen LogP contribution in [0.4, 0.5) is 11.8 Å². The van der Waals surface area contributed by atoms with Crippen LogP contribution < -0.4 is 25.4 Å². The van der Waals surface area contributed by atoms with Crippen molar-refractivity contribution in [2.45, 2.75) is 25.3 Å². The van der Waals surface area contributed by atoms with E-state index in [-0.39, 0.29) is 0 Å². The maximum atomic E-state index is 6.22. The van der Waals surface area contributed by atoms with Gasteiger partial charge in [0.2, 0.25) is 5.95 Å². The molecule has 0 bridgehead atoms. The van der Waals surface area contributed by atoms with Crippen LogP contribution >= 0.6 is 0 Å². The van der Waals surface area contributed by atoms with Crippen molar-refractivity contribution in [3.8, 4) is 11.5 Å². The Morgan fingerprint density at radius 2 is 1.96 bits per heavy atom. The lowest BCUT2D eigenvalue weighted by Crippen LogP contribution is -2.52. The normalized spacial score (nSPS) is 23.4. The fraction of sp³-hybridized carbons (Fsp3) is 0.556.